The molecule has 2 heterocycles. The van der Waals surface area contributed by atoms with Crippen LogP contribution in [0.1, 0.15) is 21.7 Å². The first-order valence-corrected chi connectivity index (χ1v) is 8.81. The third-order valence-corrected chi connectivity index (χ3v) is 4.30. The first-order chi connectivity index (χ1) is 14.0. The monoisotopic (exact) mass is 389 g/mol. The molecular formula is C21H16FN5O2. The fourth-order valence-corrected chi connectivity index (χ4v) is 2.81. The molecule has 0 aliphatic carbocycles. The molecule has 1 amide bonds. The van der Waals surface area contributed by atoms with Crippen molar-refractivity contribution in [3.63, 3.8) is 0 Å². The highest BCUT2D eigenvalue weighted by Gasteiger charge is 2.13. The highest BCUT2D eigenvalue weighted by molar-refractivity contribution is 6.03. The second kappa shape index (κ2) is 7.59. The molecule has 2 aromatic carbocycles. The van der Waals surface area contributed by atoms with Gasteiger partial charge in [-0.15, -0.1) is 0 Å². The Balaban J connectivity index is 1.58. The normalized spacial score (nSPS) is 10.7. The van der Waals surface area contributed by atoms with Gasteiger partial charge in [0.1, 0.15) is 5.82 Å². The zero-order valence-corrected chi connectivity index (χ0v) is 15.7. The Morgan fingerprint density at radius 2 is 1.90 bits per heavy atom. The number of nitrogens with one attached hydrogen (secondary N) is 1. The van der Waals surface area contributed by atoms with Gasteiger partial charge in [0.2, 0.25) is 0 Å². The van der Waals surface area contributed by atoms with E-state index in [0.717, 1.165) is 16.7 Å². The van der Waals surface area contributed by atoms with Crippen molar-refractivity contribution < 1.29 is 13.7 Å². The van der Waals surface area contributed by atoms with E-state index >= 15 is 0 Å². The van der Waals surface area contributed by atoms with Gasteiger partial charge in [0.15, 0.2) is 11.6 Å². The lowest BCUT2D eigenvalue weighted by molar-refractivity contribution is 0.102. The zero-order chi connectivity index (χ0) is 20.4. The lowest BCUT2D eigenvalue weighted by Gasteiger charge is -2.08. The van der Waals surface area contributed by atoms with Crippen molar-refractivity contribution in [2.75, 3.05) is 5.32 Å². The van der Waals surface area contributed by atoms with Crippen LogP contribution in [0.4, 0.5) is 10.2 Å². The fourth-order valence-electron chi connectivity index (χ4n) is 2.81. The highest BCUT2D eigenvalue weighted by Crippen LogP contribution is 2.27. The molecule has 0 unspecified atom stereocenters. The molecule has 1 N–H and O–H groups in total. The van der Waals surface area contributed by atoms with E-state index in [0.29, 0.717) is 17.4 Å². The predicted octanol–water partition coefficient (Wildman–Crippen LogP) is 4.20. The second-order valence-electron chi connectivity index (χ2n) is 6.40. The summed E-state index contributed by atoms with van der Waals surface area (Å²) in [5.74, 6) is 0.0130. The number of nitrogens with zero attached hydrogens (tertiary/aromatic N) is 4. The van der Waals surface area contributed by atoms with Gasteiger partial charge in [-0.05, 0) is 43.7 Å². The van der Waals surface area contributed by atoms with Crippen LogP contribution in [0.25, 0.3) is 22.7 Å². The number of hydrogen-bond acceptors (Lipinski definition) is 6. The van der Waals surface area contributed by atoms with Crippen LogP contribution in [0, 0.1) is 19.7 Å². The number of halogens is 1. The molecule has 4 aromatic rings. The van der Waals surface area contributed by atoms with Crippen LogP contribution >= 0.6 is 0 Å². The second-order valence-corrected chi connectivity index (χ2v) is 6.40. The average Bonchev–Trinajstić information content (AvgIpc) is 3.16. The Kier molecular flexibility index (Phi) is 4.82. The number of anilines is 1. The molecule has 0 atom stereocenters. The summed E-state index contributed by atoms with van der Waals surface area (Å²) in [7, 11) is 0. The predicted molar refractivity (Wildman–Crippen MR) is 105 cm³/mol. The molecule has 0 aliphatic heterocycles. The van der Waals surface area contributed by atoms with Crippen LogP contribution in [-0.2, 0) is 0 Å². The van der Waals surface area contributed by atoms with E-state index < -0.39 is 11.7 Å². The lowest BCUT2D eigenvalue weighted by atomic mass is 10.0. The number of hydrogen-bond donors (Lipinski definition) is 1. The molecule has 0 radical (unpaired) electrons. The quantitative estimate of drug-likeness (QED) is 0.562. The SMILES string of the molecule is Cc1noc(-c2ccc(C)c(-c3cnc(NC(=O)c4ccccc4F)cn3)c2)n1. The van der Waals surface area contributed by atoms with E-state index in [1.807, 2.05) is 25.1 Å². The summed E-state index contributed by atoms with van der Waals surface area (Å²) in [6.07, 6.45) is 2.97. The number of aromatic nitrogens is 4. The van der Waals surface area contributed by atoms with E-state index in [-0.39, 0.29) is 11.4 Å². The standard InChI is InChI=1S/C21H16FN5O2/c1-12-7-8-14(21-25-13(2)27-29-21)9-16(12)18-10-24-19(11-23-18)26-20(28)15-5-3-4-6-17(15)22/h3-11H,1-2H3,(H,24,26,28). The maximum Gasteiger partial charge on any atom is 0.259 e. The van der Waals surface area contributed by atoms with Gasteiger partial charge in [-0.3, -0.25) is 9.78 Å². The van der Waals surface area contributed by atoms with Crippen molar-refractivity contribution in [2.45, 2.75) is 13.8 Å². The van der Waals surface area contributed by atoms with Crippen molar-refractivity contribution >= 4 is 11.7 Å². The molecule has 2 aromatic heterocycles. The Morgan fingerprint density at radius 3 is 2.59 bits per heavy atom. The first kappa shape index (κ1) is 18.4. The summed E-state index contributed by atoms with van der Waals surface area (Å²) >= 11 is 0. The number of carbonyl (C=O) groups excluding carboxylic acids is 1. The molecule has 7 nitrogen and oxygen atoms in total. The van der Waals surface area contributed by atoms with Crippen molar-refractivity contribution in [3.8, 4) is 22.7 Å². The maximum absolute atomic E-state index is 13.7. The van der Waals surface area contributed by atoms with E-state index in [4.69, 9.17) is 4.52 Å². The van der Waals surface area contributed by atoms with E-state index in [1.165, 1.54) is 24.4 Å². The van der Waals surface area contributed by atoms with Crippen LogP contribution in [0.2, 0.25) is 0 Å². The summed E-state index contributed by atoms with van der Waals surface area (Å²) in [5, 5.41) is 6.35. The Bertz CT molecular complexity index is 1190. The van der Waals surface area contributed by atoms with Gasteiger partial charge < -0.3 is 9.84 Å². The Hall–Kier alpha value is -3.94. The van der Waals surface area contributed by atoms with Gasteiger partial charge in [0.25, 0.3) is 11.8 Å². The number of amides is 1. The summed E-state index contributed by atoms with van der Waals surface area (Å²) in [5.41, 5.74) is 3.16. The zero-order valence-electron chi connectivity index (χ0n) is 15.7. The van der Waals surface area contributed by atoms with Gasteiger partial charge >= 0.3 is 0 Å². The molecule has 144 valence electrons. The summed E-state index contributed by atoms with van der Waals surface area (Å²) in [4.78, 5) is 25.1. The molecule has 0 saturated carbocycles. The van der Waals surface area contributed by atoms with Crippen molar-refractivity contribution in [3.05, 3.63) is 77.6 Å². The molecule has 4 rings (SSSR count). The molecule has 0 fully saturated rings. The summed E-state index contributed by atoms with van der Waals surface area (Å²) in [6, 6.07) is 11.5. The van der Waals surface area contributed by atoms with Gasteiger partial charge in [-0.25, -0.2) is 9.37 Å². The summed E-state index contributed by atoms with van der Waals surface area (Å²) in [6.45, 7) is 3.70. The number of aryl methyl sites for hydroxylation is 2. The minimum absolute atomic E-state index is 0.0585. The number of carbonyl (C=O) groups is 1. The van der Waals surface area contributed by atoms with Crippen LogP contribution < -0.4 is 5.32 Å². The molecule has 0 bridgehead atoms. The first-order valence-electron chi connectivity index (χ1n) is 8.81. The van der Waals surface area contributed by atoms with Crippen LogP contribution in [-0.4, -0.2) is 26.0 Å². The minimum Gasteiger partial charge on any atom is -0.334 e. The topological polar surface area (TPSA) is 93.8 Å². The van der Waals surface area contributed by atoms with Gasteiger partial charge in [-0.1, -0.05) is 23.4 Å². The number of benzene rings is 2. The molecule has 29 heavy (non-hydrogen) atoms. The van der Waals surface area contributed by atoms with Gasteiger partial charge in [0.05, 0.1) is 23.7 Å². The summed E-state index contributed by atoms with van der Waals surface area (Å²) < 4.78 is 19.0. The molecular weight excluding hydrogens is 373 g/mol. The van der Waals surface area contributed by atoms with Gasteiger partial charge in [0, 0.05) is 11.1 Å². The van der Waals surface area contributed by atoms with Gasteiger partial charge in [-0.2, -0.15) is 4.98 Å². The average molecular weight is 389 g/mol. The highest BCUT2D eigenvalue weighted by atomic mass is 19.1. The van der Waals surface area contributed by atoms with E-state index in [9.17, 15) is 9.18 Å². The van der Waals surface area contributed by atoms with Crippen molar-refractivity contribution in [1.29, 1.82) is 0 Å². The molecule has 0 aliphatic rings. The molecule has 8 heteroatoms. The molecule has 0 saturated heterocycles. The Labute approximate surface area is 165 Å². The molecule has 0 spiro atoms. The van der Waals surface area contributed by atoms with Crippen LogP contribution in [0.3, 0.4) is 0 Å². The third kappa shape index (κ3) is 3.86. The smallest absolute Gasteiger partial charge is 0.259 e. The van der Waals surface area contributed by atoms with Crippen LogP contribution in [0.15, 0.2) is 59.4 Å². The largest absolute Gasteiger partial charge is 0.334 e. The van der Waals surface area contributed by atoms with Crippen LogP contribution in [0.5, 0.6) is 0 Å². The lowest BCUT2D eigenvalue weighted by Crippen LogP contribution is -2.14. The van der Waals surface area contributed by atoms with Crippen molar-refractivity contribution in [1.82, 2.24) is 20.1 Å². The van der Waals surface area contributed by atoms with E-state index in [1.54, 1.807) is 19.2 Å². The third-order valence-electron chi connectivity index (χ3n) is 4.30. The minimum atomic E-state index is -0.599. The number of rotatable bonds is 4. The fraction of sp³-hybridized carbons (Fsp3) is 0.0952. The van der Waals surface area contributed by atoms with Crippen molar-refractivity contribution in [2.24, 2.45) is 0 Å². The Morgan fingerprint density at radius 1 is 1.07 bits per heavy atom. The van der Waals surface area contributed by atoms with E-state index in [2.05, 4.69) is 25.4 Å². The maximum atomic E-state index is 13.7.